The van der Waals surface area contributed by atoms with Crippen LogP contribution in [0.15, 0.2) is 0 Å². The largest absolute Gasteiger partial charge is 0.439 e. The average molecular weight is 454 g/mol. The Balaban J connectivity index is 2.70. The van der Waals surface area contributed by atoms with Crippen molar-refractivity contribution in [2.45, 2.75) is 136 Å². The molecule has 1 aliphatic rings. The van der Waals surface area contributed by atoms with E-state index >= 15 is 0 Å². The second-order valence-corrected chi connectivity index (χ2v) is 9.60. The van der Waals surface area contributed by atoms with Crippen LogP contribution in [-0.4, -0.2) is 42.6 Å². The third-order valence-electron chi connectivity index (χ3n) is 6.67. The number of unbranched alkanes of at least 4 members (excludes halogenated alkanes) is 9. The van der Waals surface area contributed by atoms with Crippen LogP contribution in [0.2, 0.25) is 0 Å². The number of carbonyl (C=O) groups excluding carboxylic acids is 2. The Bertz CT molecular complexity index is 468. The van der Waals surface area contributed by atoms with Crippen LogP contribution in [0.5, 0.6) is 0 Å². The predicted octanol–water partition coefficient (Wildman–Crippen LogP) is 5.58. The molecule has 1 unspecified atom stereocenters. The van der Waals surface area contributed by atoms with Gasteiger partial charge in [-0.2, -0.15) is 5.43 Å². The molecule has 1 aliphatic carbocycles. The molecule has 0 spiro atoms. The maximum Gasteiger partial charge on any atom is 0.439 e. The summed E-state index contributed by atoms with van der Waals surface area (Å²) in [5.41, 5.74) is 3.11. The van der Waals surface area contributed by atoms with Crippen LogP contribution in [0.25, 0.3) is 0 Å². The number of amides is 4. The Labute approximate surface area is 198 Å². The number of urea groups is 2. The quantitative estimate of drug-likeness (QED) is 0.211. The number of nitrogens with one attached hydrogen (secondary N) is 3. The van der Waals surface area contributed by atoms with Crippen molar-refractivity contribution in [1.29, 1.82) is 0 Å². The van der Waals surface area contributed by atoms with Crippen molar-refractivity contribution in [3.8, 4) is 0 Å². The molecule has 1 fully saturated rings. The zero-order chi connectivity index (χ0) is 23.4. The van der Waals surface area contributed by atoms with Crippen molar-refractivity contribution in [3.05, 3.63) is 0 Å². The van der Waals surface area contributed by atoms with E-state index in [1.54, 1.807) is 0 Å². The molecule has 1 saturated carbocycles. The van der Waals surface area contributed by atoms with Gasteiger partial charge in [0, 0.05) is 32.5 Å². The average Bonchev–Trinajstić information content (AvgIpc) is 2.81. The van der Waals surface area contributed by atoms with Crippen LogP contribution in [-0.2, 0) is 0 Å². The summed E-state index contributed by atoms with van der Waals surface area (Å²) in [7, 11) is 0. The summed E-state index contributed by atoms with van der Waals surface area (Å²) < 4.78 is 0. The predicted molar refractivity (Wildman–Crippen MR) is 134 cm³/mol. The van der Waals surface area contributed by atoms with Gasteiger partial charge in [0.2, 0.25) is 0 Å². The van der Waals surface area contributed by atoms with E-state index in [1.165, 1.54) is 44.9 Å². The van der Waals surface area contributed by atoms with E-state index in [0.717, 1.165) is 77.3 Å². The standard InChI is InChI=1S/C26H52N4O2/c1-4-7-10-16-21-27-25(31)30(24-19-14-13-15-20-24)28-26(32)29(22-17-11-8-5-2)23-18-12-9-6-3/h24H,4-23H2,1-3H3,(H,27,31)(H,28,32)/p+1. The van der Waals surface area contributed by atoms with E-state index < -0.39 is 0 Å². The van der Waals surface area contributed by atoms with E-state index in [-0.39, 0.29) is 18.1 Å². The highest BCUT2D eigenvalue weighted by Crippen LogP contribution is 2.15. The number of hydrogen-bond donors (Lipinski definition) is 3. The number of carbonyl (C=O) groups is 2. The highest BCUT2D eigenvalue weighted by Gasteiger charge is 2.33. The molecule has 1 atom stereocenters. The van der Waals surface area contributed by atoms with Crippen molar-refractivity contribution in [1.82, 2.24) is 15.6 Å². The van der Waals surface area contributed by atoms with Gasteiger partial charge in [-0.1, -0.05) is 85.0 Å². The van der Waals surface area contributed by atoms with Crippen molar-refractivity contribution >= 4 is 12.1 Å². The van der Waals surface area contributed by atoms with Crippen molar-refractivity contribution in [2.24, 2.45) is 0 Å². The summed E-state index contributed by atoms with van der Waals surface area (Å²) in [6.45, 7) is 8.88. The summed E-state index contributed by atoms with van der Waals surface area (Å²) >= 11 is 0. The molecular weight excluding hydrogens is 400 g/mol. The Morgan fingerprint density at radius 1 is 0.750 bits per heavy atom. The summed E-state index contributed by atoms with van der Waals surface area (Å²) in [5, 5.41) is 3.72. The fourth-order valence-electron chi connectivity index (χ4n) is 4.55. The molecule has 1 rings (SSSR count). The van der Waals surface area contributed by atoms with Crippen LogP contribution in [0, 0.1) is 0 Å². The van der Waals surface area contributed by atoms with Crippen LogP contribution in [0.3, 0.4) is 0 Å². The van der Waals surface area contributed by atoms with E-state index in [4.69, 9.17) is 0 Å². The van der Waals surface area contributed by atoms with Gasteiger partial charge in [0.1, 0.15) is 6.04 Å². The molecule has 32 heavy (non-hydrogen) atoms. The minimum absolute atomic E-state index is 0.0568. The zero-order valence-electron chi connectivity index (χ0n) is 21.5. The number of rotatable bonds is 16. The van der Waals surface area contributed by atoms with Crippen LogP contribution < -0.4 is 15.8 Å². The van der Waals surface area contributed by atoms with Gasteiger partial charge in [0.25, 0.3) is 0 Å². The summed E-state index contributed by atoms with van der Waals surface area (Å²) in [5.74, 6) is 0. The molecule has 0 radical (unpaired) electrons. The molecule has 0 aromatic carbocycles. The first-order chi connectivity index (χ1) is 15.6. The van der Waals surface area contributed by atoms with Gasteiger partial charge in [-0.05, 0) is 32.1 Å². The van der Waals surface area contributed by atoms with Gasteiger partial charge in [-0.15, -0.1) is 5.01 Å². The van der Waals surface area contributed by atoms with Gasteiger partial charge in [-0.3, -0.25) is 0 Å². The number of quaternary nitrogens is 1. The van der Waals surface area contributed by atoms with E-state index in [2.05, 4.69) is 31.5 Å². The summed E-state index contributed by atoms with van der Waals surface area (Å²) in [6.07, 6.45) is 19.3. The molecule has 3 N–H and O–H groups in total. The molecule has 0 aromatic heterocycles. The normalized spacial score (nSPS) is 15.3. The lowest BCUT2D eigenvalue weighted by Crippen LogP contribution is -3.26. The Morgan fingerprint density at radius 2 is 1.28 bits per heavy atom. The third-order valence-corrected chi connectivity index (χ3v) is 6.67. The first kappa shape index (κ1) is 28.7. The van der Waals surface area contributed by atoms with Crippen molar-refractivity contribution in [2.75, 3.05) is 19.6 Å². The van der Waals surface area contributed by atoms with Gasteiger partial charge < -0.3 is 10.2 Å². The highest BCUT2D eigenvalue weighted by atomic mass is 16.2. The lowest BCUT2D eigenvalue weighted by molar-refractivity contribution is -0.883. The second-order valence-electron chi connectivity index (χ2n) is 9.60. The molecule has 0 heterocycles. The first-order valence-corrected chi connectivity index (χ1v) is 13.8. The van der Waals surface area contributed by atoms with E-state index in [0.29, 0.717) is 11.6 Å². The maximum atomic E-state index is 13.3. The smallest absolute Gasteiger partial charge is 0.321 e. The molecule has 0 aliphatic heterocycles. The van der Waals surface area contributed by atoms with Crippen LogP contribution >= 0.6 is 0 Å². The van der Waals surface area contributed by atoms with Gasteiger partial charge >= 0.3 is 12.1 Å². The van der Waals surface area contributed by atoms with Crippen molar-refractivity contribution in [3.63, 3.8) is 0 Å². The van der Waals surface area contributed by atoms with Gasteiger partial charge in [0.05, 0.1) is 0 Å². The Morgan fingerprint density at radius 3 is 1.81 bits per heavy atom. The first-order valence-electron chi connectivity index (χ1n) is 13.8. The lowest BCUT2D eigenvalue weighted by Gasteiger charge is -2.31. The van der Waals surface area contributed by atoms with Crippen LogP contribution in [0.1, 0.15) is 130 Å². The third kappa shape index (κ3) is 12.7. The van der Waals surface area contributed by atoms with E-state index in [9.17, 15) is 9.59 Å². The molecule has 0 bridgehead atoms. The zero-order valence-corrected chi connectivity index (χ0v) is 21.5. The number of nitrogens with zero attached hydrogens (tertiary/aromatic N) is 1. The minimum Gasteiger partial charge on any atom is -0.321 e. The van der Waals surface area contributed by atoms with Crippen LogP contribution in [0.4, 0.5) is 9.59 Å². The lowest BCUT2D eigenvalue weighted by atomic mass is 9.95. The highest BCUT2D eigenvalue weighted by molar-refractivity contribution is 5.74. The van der Waals surface area contributed by atoms with E-state index in [1.807, 2.05) is 4.90 Å². The molecule has 6 heteroatoms. The second kappa shape index (κ2) is 19.2. The molecule has 188 valence electrons. The summed E-state index contributed by atoms with van der Waals surface area (Å²) in [4.78, 5) is 28.3. The molecule has 0 saturated heterocycles. The topological polar surface area (TPSA) is 65.9 Å². The molecule has 6 nitrogen and oxygen atoms in total. The Hall–Kier alpha value is -1.30. The summed E-state index contributed by atoms with van der Waals surface area (Å²) in [6, 6.07) is 0.0590. The van der Waals surface area contributed by atoms with Gasteiger partial charge in [0.15, 0.2) is 0 Å². The number of hydrogen-bond acceptors (Lipinski definition) is 2. The molecular formula is C26H53N4O2+. The van der Waals surface area contributed by atoms with Gasteiger partial charge in [-0.25, -0.2) is 9.59 Å². The SMILES string of the molecule is CCCCCCNC(=O)[NH+](NC(=O)N(CCCCCC)CCCCCC)C1CCCCC1. The fourth-order valence-corrected chi connectivity index (χ4v) is 4.55. The maximum absolute atomic E-state index is 13.3. The molecule has 4 amide bonds. The molecule has 0 aromatic rings. The van der Waals surface area contributed by atoms with Crippen molar-refractivity contribution < 1.29 is 14.6 Å². The fraction of sp³-hybridized carbons (Fsp3) is 0.923. The monoisotopic (exact) mass is 453 g/mol. The minimum atomic E-state index is -0.0697. The Kier molecular flexibility index (Phi) is 17.2.